The van der Waals surface area contributed by atoms with Gasteiger partial charge in [-0.3, -0.25) is 0 Å². The molecule has 2 heterocycles. The van der Waals surface area contributed by atoms with Crippen LogP contribution in [0.3, 0.4) is 0 Å². The van der Waals surface area contributed by atoms with Gasteiger partial charge in [-0.2, -0.15) is 4.57 Å². The highest BCUT2D eigenvalue weighted by molar-refractivity contribution is 8.00. The number of nitrogens with zero attached hydrogens (tertiary/aromatic N) is 2. The van der Waals surface area contributed by atoms with Crippen molar-refractivity contribution in [3.05, 3.63) is 84.2 Å². The van der Waals surface area contributed by atoms with Gasteiger partial charge in [0.15, 0.2) is 11.0 Å². The van der Waals surface area contributed by atoms with Gasteiger partial charge in [-0.25, -0.2) is 4.57 Å². The number of fused-ring (bicyclic) bond motifs is 2. The molecular weight excluding hydrogens is 350 g/mol. The summed E-state index contributed by atoms with van der Waals surface area (Å²) in [6.45, 7) is 5.37. The van der Waals surface area contributed by atoms with Gasteiger partial charge in [0.25, 0.3) is 5.82 Å². The van der Waals surface area contributed by atoms with Crippen molar-refractivity contribution in [2.75, 3.05) is 5.32 Å². The van der Waals surface area contributed by atoms with E-state index in [1.165, 1.54) is 38.7 Å². The van der Waals surface area contributed by atoms with Crippen molar-refractivity contribution in [2.45, 2.75) is 30.7 Å². The molecule has 0 radical (unpaired) electrons. The zero-order valence-electron chi connectivity index (χ0n) is 15.5. The van der Waals surface area contributed by atoms with E-state index in [1.54, 1.807) is 0 Å². The molecule has 1 aromatic heterocycles. The van der Waals surface area contributed by atoms with E-state index >= 15 is 0 Å². The number of aryl methyl sites for hydroxylation is 1. The molecule has 3 nitrogen and oxygen atoms in total. The molecule has 0 unspecified atom stereocenters. The average molecular weight is 373 g/mol. The van der Waals surface area contributed by atoms with Gasteiger partial charge in [0.2, 0.25) is 0 Å². The maximum atomic E-state index is 3.65. The zero-order chi connectivity index (χ0) is 18.4. The summed E-state index contributed by atoms with van der Waals surface area (Å²) in [6.07, 6.45) is 0. The molecule has 1 aliphatic rings. The number of para-hydroxylation sites is 2. The molecule has 0 amide bonds. The van der Waals surface area contributed by atoms with Gasteiger partial charge in [-0.15, -0.1) is 0 Å². The van der Waals surface area contributed by atoms with Gasteiger partial charge in [0.05, 0.1) is 6.54 Å². The molecule has 0 spiro atoms. The summed E-state index contributed by atoms with van der Waals surface area (Å²) in [6, 6.07) is 26.0. The molecule has 1 aliphatic heterocycles. The SMILES string of the molecule is CC[n+]1c(C)n(-c2ccccc2)c2ccc([C@H]3Nc4ccccc4S3)cc21. The number of aromatic nitrogens is 2. The van der Waals surface area contributed by atoms with Crippen molar-refractivity contribution in [1.82, 2.24) is 4.57 Å². The minimum absolute atomic E-state index is 0.262. The molecule has 3 aromatic carbocycles. The number of thioether (sulfide) groups is 1. The van der Waals surface area contributed by atoms with Crippen molar-refractivity contribution >= 4 is 28.5 Å². The van der Waals surface area contributed by atoms with Gasteiger partial charge < -0.3 is 5.32 Å². The van der Waals surface area contributed by atoms with Crippen LogP contribution in [-0.2, 0) is 6.54 Å². The maximum absolute atomic E-state index is 3.65. The Bertz CT molecular complexity index is 1110. The molecule has 0 saturated heterocycles. The van der Waals surface area contributed by atoms with E-state index in [1.807, 2.05) is 11.8 Å². The van der Waals surface area contributed by atoms with Gasteiger partial charge >= 0.3 is 0 Å². The van der Waals surface area contributed by atoms with Crippen LogP contribution in [0.5, 0.6) is 0 Å². The topological polar surface area (TPSA) is 20.8 Å². The second-order valence-corrected chi connectivity index (χ2v) is 8.00. The normalized spacial score (nSPS) is 15.7. The van der Waals surface area contributed by atoms with Crippen LogP contribution in [0.2, 0.25) is 0 Å². The van der Waals surface area contributed by atoms with E-state index < -0.39 is 0 Å². The summed E-state index contributed by atoms with van der Waals surface area (Å²) in [5.41, 5.74) is 6.30. The Hall–Kier alpha value is -2.72. The lowest BCUT2D eigenvalue weighted by Crippen LogP contribution is -2.35. The molecule has 0 bridgehead atoms. The van der Waals surface area contributed by atoms with E-state index in [4.69, 9.17) is 0 Å². The van der Waals surface area contributed by atoms with Crippen molar-refractivity contribution < 1.29 is 4.57 Å². The third-order valence-electron chi connectivity index (χ3n) is 5.30. The number of imidazole rings is 1. The highest BCUT2D eigenvalue weighted by atomic mass is 32.2. The van der Waals surface area contributed by atoms with Crippen LogP contribution in [0.4, 0.5) is 5.69 Å². The molecular formula is C23H22N3S+. The number of rotatable bonds is 3. The zero-order valence-corrected chi connectivity index (χ0v) is 16.3. The summed E-state index contributed by atoms with van der Waals surface area (Å²) in [5.74, 6) is 1.26. The average Bonchev–Trinajstić information content (AvgIpc) is 3.26. The lowest BCUT2D eigenvalue weighted by Gasteiger charge is -2.10. The van der Waals surface area contributed by atoms with Crippen LogP contribution >= 0.6 is 11.8 Å². The molecule has 1 atom stereocenters. The Morgan fingerprint density at radius 2 is 1.78 bits per heavy atom. The summed E-state index contributed by atoms with van der Waals surface area (Å²) in [4.78, 5) is 1.32. The van der Waals surface area contributed by atoms with Crippen LogP contribution in [-0.4, -0.2) is 4.57 Å². The molecule has 5 rings (SSSR count). The maximum Gasteiger partial charge on any atom is 0.259 e. The highest BCUT2D eigenvalue weighted by Crippen LogP contribution is 2.46. The van der Waals surface area contributed by atoms with E-state index in [-0.39, 0.29) is 5.37 Å². The molecule has 134 valence electrons. The van der Waals surface area contributed by atoms with E-state index in [9.17, 15) is 0 Å². The predicted molar refractivity (Wildman–Crippen MR) is 113 cm³/mol. The molecule has 4 aromatic rings. The molecule has 0 saturated carbocycles. The summed E-state index contributed by atoms with van der Waals surface area (Å²) < 4.78 is 4.76. The summed E-state index contributed by atoms with van der Waals surface area (Å²) in [7, 11) is 0. The predicted octanol–water partition coefficient (Wildman–Crippen LogP) is 5.46. The first-order valence-electron chi connectivity index (χ1n) is 9.38. The fraction of sp³-hybridized carbons (Fsp3) is 0.174. The fourth-order valence-corrected chi connectivity index (χ4v) is 5.15. The number of benzene rings is 3. The van der Waals surface area contributed by atoms with Gasteiger partial charge in [0, 0.05) is 17.5 Å². The minimum Gasteiger partial charge on any atom is -0.368 e. The Labute approximate surface area is 163 Å². The number of nitrogens with one attached hydrogen (secondary N) is 1. The number of hydrogen-bond donors (Lipinski definition) is 1. The molecule has 27 heavy (non-hydrogen) atoms. The number of hydrogen-bond acceptors (Lipinski definition) is 2. The van der Waals surface area contributed by atoms with Crippen molar-refractivity contribution in [2.24, 2.45) is 0 Å². The lowest BCUT2D eigenvalue weighted by molar-refractivity contribution is -0.674. The van der Waals surface area contributed by atoms with Crippen molar-refractivity contribution in [1.29, 1.82) is 0 Å². The van der Waals surface area contributed by atoms with Gasteiger partial charge in [0.1, 0.15) is 11.1 Å². The van der Waals surface area contributed by atoms with E-state index in [0.717, 1.165) is 6.54 Å². The van der Waals surface area contributed by atoms with Crippen LogP contribution in [0.1, 0.15) is 23.7 Å². The molecule has 4 heteroatoms. The largest absolute Gasteiger partial charge is 0.368 e. The second-order valence-electron chi connectivity index (χ2n) is 6.85. The molecule has 1 N–H and O–H groups in total. The monoisotopic (exact) mass is 372 g/mol. The Balaban J connectivity index is 1.63. The Kier molecular flexibility index (Phi) is 3.94. The van der Waals surface area contributed by atoms with Crippen molar-refractivity contribution in [3.63, 3.8) is 0 Å². The van der Waals surface area contributed by atoms with E-state index in [2.05, 4.69) is 101 Å². The smallest absolute Gasteiger partial charge is 0.259 e. The quantitative estimate of drug-likeness (QED) is 0.482. The third-order valence-corrected chi connectivity index (χ3v) is 6.53. The Morgan fingerprint density at radius 1 is 1.00 bits per heavy atom. The highest BCUT2D eigenvalue weighted by Gasteiger charge is 2.26. The molecule has 0 fully saturated rings. The fourth-order valence-electron chi connectivity index (χ4n) is 4.02. The first-order chi connectivity index (χ1) is 13.3. The third kappa shape index (κ3) is 2.63. The first-order valence-corrected chi connectivity index (χ1v) is 10.3. The van der Waals surface area contributed by atoms with Crippen molar-refractivity contribution in [3.8, 4) is 5.69 Å². The van der Waals surface area contributed by atoms with Gasteiger partial charge in [-0.05, 0) is 48.9 Å². The van der Waals surface area contributed by atoms with Gasteiger partial charge in [-0.1, -0.05) is 48.2 Å². The van der Waals surface area contributed by atoms with Crippen LogP contribution in [0, 0.1) is 6.92 Å². The number of anilines is 1. The summed E-state index contributed by atoms with van der Waals surface area (Å²) >= 11 is 1.89. The molecule has 0 aliphatic carbocycles. The van der Waals surface area contributed by atoms with E-state index in [0.29, 0.717) is 0 Å². The first kappa shape index (κ1) is 16.5. The summed E-state index contributed by atoms with van der Waals surface area (Å²) in [5, 5.41) is 3.91. The lowest BCUT2D eigenvalue weighted by atomic mass is 10.2. The van der Waals surface area contributed by atoms with Crippen LogP contribution in [0.15, 0.2) is 77.7 Å². The second kappa shape index (κ2) is 6.46. The Morgan fingerprint density at radius 3 is 2.56 bits per heavy atom. The van der Waals surface area contributed by atoms with Crippen LogP contribution in [0.25, 0.3) is 16.7 Å². The standard InChI is InChI=1S/C23H22N3S/c1-3-25-16(2)26(18-9-5-4-6-10-18)20-14-13-17(15-21(20)25)23-24-19-11-7-8-12-22(19)27-23/h4-15,23-24H,3H2,1-2H3/q+1/t23-/m0/s1. The minimum atomic E-state index is 0.262. The van der Waals surface area contributed by atoms with Crippen LogP contribution < -0.4 is 9.88 Å².